The molecular weight excluding hydrogens is 308 g/mol. The van der Waals surface area contributed by atoms with Gasteiger partial charge in [0.1, 0.15) is 5.82 Å². The first-order valence-corrected chi connectivity index (χ1v) is 8.27. The lowest BCUT2D eigenvalue weighted by Crippen LogP contribution is -2.52. The number of urea groups is 1. The Morgan fingerprint density at radius 1 is 1.08 bits per heavy atom. The van der Waals surface area contributed by atoms with Crippen LogP contribution in [0.15, 0.2) is 18.5 Å². The summed E-state index contributed by atoms with van der Waals surface area (Å²) in [5.41, 5.74) is 0. The number of aryl methyl sites for hydroxylation is 1. The highest BCUT2D eigenvalue weighted by molar-refractivity contribution is 5.74. The first-order valence-electron chi connectivity index (χ1n) is 8.27. The summed E-state index contributed by atoms with van der Waals surface area (Å²) in [6.07, 6.45) is 5.55. The summed E-state index contributed by atoms with van der Waals surface area (Å²) in [4.78, 5) is 24.8. The van der Waals surface area contributed by atoms with E-state index in [1.807, 2.05) is 4.90 Å². The van der Waals surface area contributed by atoms with Crippen molar-refractivity contribution < 1.29 is 4.79 Å². The van der Waals surface area contributed by atoms with Crippen LogP contribution in [0.1, 0.15) is 18.1 Å². The van der Waals surface area contributed by atoms with Gasteiger partial charge in [0.05, 0.1) is 6.54 Å². The Morgan fingerprint density at radius 2 is 1.88 bits per heavy atom. The molecule has 1 N–H and O–H groups in total. The van der Waals surface area contributed by atoms with Gasteiger partial charge >= 0.3 is 6.03 Å². The largest absolute Gasteiger partial charge is 0.337 e. The van der Waals surface area contributed by atoms with E-state index in [9.17, 15) is 4.79 Å². The first-order chi connectivity index (χ1) is 11.8. The summed E-state index contributed by atoms with van der Waals surface area (Å²) >= 11 is 0. The minimum Gasteiger partial charge on any atom is -0.337 e. The summed E-state index contributed by atoms with van der Waals surface area (Å²) in [6, 6.07) is 1.74. The molecule has 9 heteroatoms. The Balaban J connectivity index is 1.29. The Labute approximate surface area is 139 Å². The summed E-state index contributed by atoms with van der Waals surface area (Å²) in [6.45, 7) is 4.15. The number of hydrogen-bond donors (Lipinski definition) is 1. The number of nitrogens with zero attached hydrogens (tertiary/aromatic N) is 7. The lowest BCUT2D eigenvalue weighted by molar-refractivity contribution is 0.193. The van der Waals surface area contributed by atoms with Crippen molar-refractivity contribution >= 4 is 12.0 Å². The number of piperazine rings is 1. The lowest BCUT2D eigenvalue weighted by atomic mass is 10.3. The predicted molar refractivity (Wildman–Crippen MR) is 86.4 cm³/mol. The molecule has 2 amide bonds. The topological polar surface area (TPSA) is 92.1 Å². The van der Waals surface area contributed by atoms with Gasteiger partial charge in [0.2, 0.25) is 5.95 Å². The van der Waals surface area contributed by atoms with Gasteiger partial charge in [-0.25, -0.2) is 14.8 Å². The molecule has 0 radical (unpaired) electrons. The number of hydrogen-bond acceptors (Lipinski definition) is 6. The zero-order chi connectivity index (χ0) is 16.4. The standard InChI is InChI=1S/C15H20N8O/c24-15(18-11-13-20-19-12-3-1-6-23(12)13)22-9-7-21(8-10-22)14-16-4-2-5-17-14/h2,4-5H,1,3,6-11H2,(H,18,24). The maximum absolute atomic E-state index is 12.3. The number of rotatable bonds is 3. The fraction of sp³-hybridized carbons (Fsp3) is 0.533. The molecule has 0 aliphatic carbocycles. The molecule has 2 aromatic heterocycles. The molecule has 4 rings (SSSR count). The summed E-state index contributed by atoms with van der Waals surface area (Å²) in [5.74, 6) is 2.58. The van der Waals surface area contributed by atoms with E-state index in [0.29, 0.717) is 19.6 Å². The number of aromatic nitrogens is 5. The number of fused-ring (bicyclic) bond motifs is 1. The van der Waals surface area contributed by atoms with E-state index in [1.54, 1.807) is 18.5 Å². The molecule has 2 aliphatic rings. The van der Waals surface area contributed by atoms with Gasteiger partial charge in [-0.1, -0.05) is 0 Å². The van der Waals surface area contributed by atoms with Crippen molar-refractivity contribution in [2.45, 2.75) is 25.9 Å². The molecule has 0 bridgehead atoms. The van der Waals surface area contributed by atoms with Crippen molar-refractivity contribution in [2.24, 2.45) is 0 Å². The van der Waals surface area contributed by atoms with Gasteiger partial charge in [-0.3, -0.25) is 0 Å². The van der Waals surface area contributed by atoms with E-state index in [2.05, 4.69) is 34.9 Å². The average molecular weight is 328 g/mol. The van der Waals surface area contributed by atoms with Crippen LogP contribution < -0.4 is 10.2 Å². The highest BCUT2D eigenvalue weighted by Gasteiger charge is 2.23. The average Bonchev–Trinajstić information content (AvgIpc) is 3.25. The minimum absolute atomic E-state index is 0.0565. The molecule has 24 heavy (non-hydrogen) atoms. The number of nitrogens with one attached hydrogen (secondary N) is 1. The van der Waals surface area contributed by atoms with Crippen molar-refractivity contribution in [1.82, 2.24) is 34.9 Å². The van der Waals surface area contributed by atoms with Gasteiger partial charge in [0.25, 0.3) is 0 Å². The zero-order valence-electron chi connectivity index (χ0n) is 13.4. The Bertz CT molecular complexity index is 708. The van der Waals surface area contributed by atoms with E-state index < -0.39 is 0 Å². The van der Waals surface area contributed by atoms with E-state index in [0.717, 1.165) is 50.1 Å². The van der Waals surface area contributed by atoms with E-state index >= 15 is 0 Å². The lowest BCUT2D eigenvalue weighted by Gasteiger charge is -2.34. The molecule has 0 saturated carbocycles. The minimum atomic E-state index is -0.0565. The Hall–Kier alpha value is -2.71. The van der Waals surface area contributed by atoms with Crippen molar-refractivity contribution in [2.75, 3.05) is 31.1 Å². The molecule has 0 atom stereocenters. The van der Waals surface area contributed by atoms with Gasteiger partial charge in [0.15, 0.2) is 5.82 Å². The van der Waals surface area contributed by atoms with Crippen LogP contribution in [0, 0.1) is 0 Å². The molecule has 0 spiro atoms. The second-order valence-electron chi connectivity index (χ2n) is 5.97. The van der Waals surface area contributed by atoms with Gasteiger partial charge in [-0.05, 0) is 12.5 Å². The molecule has 1 saturated heterocycles. The van der Waals surface area contributed by atoms with Crippen molar-refractivity contribution in [3.8, 4) is 0 Å². The van der Waals surface area contributed by atoms with Gasteiger partial charge in [-0.2, -0.15) is 0 Å². The highest BCUT2D eigenvalue weighted by atomic mass is 16.2. The smallest absolute Gasteiger partial charge is 0.317 e. The number of carbonyl (C=O) groups is 1. The number of carbonyl (C=O) groups excluding carboxylic acids is 1. The predicted octanol–water partition coefficient (Wildman–Crippen LogP) is 0.0461. The maximum atomic E-state index is 12.3. The second kappa shape index (κ2) is 6.42. The molecule has 2 aromatic rings. The van der Waals surface area contributed by atoms with Crippen molar-refractivity contribution in [1.29, 1.82) is 0 Å². The SMILES string of the molecule is O=C(NCc1nnc2n1CCC2)N1CCN(c2ncccn2)CC1. The van der Waals surface area contributed by atoms with Gasteiger partial charge in [-0.15, -0.1) is 10.2 Å². The normalized spacial score (nSPS) is 17.0. The van der Waals surface area contributed by atoms with Crippen molar-refractivity contribution in [3.05, 3.63) is 30.1 Å². The molecule has 0 aromatic carbocycles. The fourth-order valence-electron chi connectivity index (χ4n) is 3.17. The van der Waals surface area contributed by atoms with Crippen LogP contribution in [0.25, 0.3) is 0 Å². The number of anilines is 1. The van der Waals surface area contributed by atoms with Crippen LogP contribution in [0.3, 0.4) is 0 Å². The first kappa shape index (κ1) is 14.9. The van der Waals surface area contributed by atoms with Crippen LogP contribution >= 0.6 is 0 Å². The summed E-state index contributed by atoms with van der Waals surface area (Å²) < 4.78 is 2.10. The Morgan fingerprint density at radius 3 is 2.67 bits per heavy atom. The molecule has 2 aliphatic heterocycles. The molecular formula is C15H20N8O. The maximum Gasteiger partial charge on any atom is 0.317 e. The van der Waals surface area contributed by atoms with E-state index in [4.69, 9.17) is 0 Å². The third-order valence-electron chi connectivity index (χ3n) is 4.49. The van der Waals surface area contributed by atoms with Crippen LogP contribution in [-0.4, -0.2) is 61.8 Å². The summed E-state index contributed by atoms with van der Waals surface area (Å²) in [7, 11) is 0. The van der Waals surface area contributed by atoms with Crippen LogP contribution in [0.4, 0.5) is 10.7 Å². The van der Waals surface area contributed by atoms with Crippen LogP contribution in [0.2, 0.25) is 0 Å². The summed E-state index contributed by atoms with van der Waals surface area (Å²) in [5, 5.41) is 11.3. The van der Waals surface area contributed by atoms with Crippen molar-refractivity contribution in [3.63, 3.8) is 0 Å². The number of amides is 2. The molecule has 126 valence electrons. The monoisotopic (exact) mass is 328 g/mol. The van der Waals surface area contributed by atoms with Gasteiger partial charge < -0.3 is 19.7 Å². The quantitative estimate of drug-likeness (QED) is 0.856. The third-order valence-corrected chi connectivity index (χ3v) is 4.49. The molecule has 0 unspecified atom stereocenters. The second-order valence-corrected chi connectivity index (χ2v) is 5.97. The van der Waals surface area contributed by atoms with Crippen LogP contribution in [0.5, 0.6) is 0 Å². The van der Waals surface area contributed by atoms with Crippen LogP contribution in [-0.2, 0) is 19.5 Å². The van der Waals surface area contributed by atoms with Gasteiger partial charge in [0, 0.05) is 51.5 Å². The molecule has 4 heterocycles. The van der Waals surface area contributed by atoms with E-state index in [1.165, 1.54) is 0 Å². The Kier molecular flexibility index (Phi) is 3.97. The molecule has 1 fully saturated rings. The third kappa shape index (κ3) is 2.89. The van der Waals surface area contributed by atoms with E-state index in [-0.39, 0.29) is 6.03 Å². The molecule has 9 nitrogen and oxygen atoms in total. The fourth-order valence-corrected chi connectivity index (χ4v) is 3.17. The zero-order valence-corrected chi connectivity index (χ0v) is 13.4. The highest BCUT2D eigenvalue weighted by Crippen LogP contribution is 2.14.